The Labute approximate surface area is 107 Å². The van der Waals surface area contributed by atoms with Crippen LogP contribution in [0.5, 0.6) is 0 Å². The molecule has 1 aliphatic rings. The molecular formula is C16H27N. The molecule has 0 aromatic carbocycles. The lowest BCUT2D eigenvalue weighted by molar-refractivity contribution is 0.308. The summed E-state index contributed by atoms with van der Waals surface area (Å²) in [5, 5.41) is 0. The Morgan fingerprint density at radius 1 is 1.18 bits per heavy atom. The average Bonchev–Trinajstić information content (AvgIpc) is 2.57. The Balaban J connectivity index is 2.26. The first-order valence-electron chi connectivity index (χ1n) is 6.90. The number of likely N-dealkylation sites (tertiary alicyclic amines) is 1. The van der Waals surface area contributed by atoms with Gasteiger partial charge in [-0.1, -0.05) is 49.3 Å². The number of nitrogens with zero attached hydrogens (tertiary/aromatic N) is 1. The zero-order valence-corrected chi connectivity index (χ0v) is 11.4. The van der Waals surface area contributed by atoms with Crippen LogP contribution in [0.1, 0.15) is 45.4 Å². The molecule has 1 saturated heterocycles. The van der Waals surface area contributed by atoms with E-state index in [1.54, 1.807) is 0 Å². The van der Waals surface area contributed by atoms with E-state index < -0.39 is 0 Å². The van der Waals surface area contributed by atoms with Gasteiger partial charge < -0.3 is 0 Å². The number of allylic oxidation sites excluding steroid dienone is 3. The molecule has 1 heterocycles. The lowest BCUT2D eigenvalue weighted by Gasteiger charge is -2.20. The molecular weight excluding hydrogens is 206 g/mol. The van der Waals surface area contributed by atoms with E-state index in [4.69, 9.17) is 0 Å². The quantitative estimate of drug-likeness (QED) is 0.487. The Hall–Kier alpha value is -0.820. The minimum absolute atomic E-state index is 1.04. The maximum absolute atomic E-state index is 3.94. The first-order valence-corrected chi connectivity index (χ1v) is 6.90. The monoisotopic (exact) mass is 233 g/mol. The summed E-state index contributed by atoms with van der Waals surface area (Å²) in [7, 11) is 0. The van der Waals surface area contributed by atoms with Crippen LogP contribution in [0.25, 0.3) is 0 Å². The fourth-order valence-corrected chi connectivity index (χ4v) is 2.32. The van der Waals surface area contributed by atoms with Crippen LogP contribution in [0.2, 0.25) is 0 Å². The van der Waals surface area contributed by atoms with Gasteiger partial charge in [0.1, 0.15) is 0 Å². The normalized spacial score (nSPS) is 18.8. The van der Waals surface area contributed by atoms with E-state index in [9.17, 15) is 0 Å². The van der Waals surface area contributed by atoms with Crippen LogP contribution in [0.3, 0.4) is 0 Å². The molecule has 0 atom stereocenters. The van der Waals surface area contributed by atoms with Crippen LogP contribution >= 0.6 is 0 Å². The van der Waals surface area contributed by atoms with E-state index in [0.29, 0.717) is 0 Å². The predicted molar refractivity (Wildman–Crippen MR) is 77.2 cm³/mol. The van der Waals surface area contributed by atoms with Crippen molar-refractivity contribution < 1.29 is 0 Å². The van der Waals surface area contributed by atoms with Crippen LogP contribution in [0, 0.1) is 0 Å². The molecule has 0 spiro atoms. The maximum atomic E-state index is 3.94. The zero-order valence-electron chi connectivity index (χ0n) is 11.4. The van der Waals surface area contributed by atoms with Crippen molar-refractivity contribution in [1.82, 2.24) is 4.90 Å². The summed E-state index contributed by atoms with van der Waals surface area (Å²) >= 11 is 0. The molecule has 0 aromatic rings. The molecule has 0 unspecified atom stereocenters. The molecule has 17 heavy (non-hydrogen) atoms. The third kappa shape index (κ3) is 6.48. The van der Waals surface area contributed by atoms with Crippen LogP contribution in [-0.2, 0) is 0 Å². The Kier molecular flexibility index (Phi) is 6.95. The van der Waals surface area contributed by atoms with Crippen molar-refractivity contribution in [3.63, 3.8) is 0 Å². The summed E-state index contributed by atoms with van der Waals surface area (Å²) in [6.07, 6.45) is 11.9. The summed E-state index contributed by atoms with van der Waals surface area (Å²) in [6, 6.07) is 0. The average molecular weight is 233 g/mol. The summed E-state index contributed by atoms with van der Waals surface area (Å²) < 4.78 is 0. The lowest BCUT2D eigenvalue weighted by atomic mass is 10.1. The molecule has 0 radical (unpaired) electrons. The Morgan fingerprint density at radius 2 is 1.82 bits per heavy atom. The minimum atomic E-state index is 1.04. The smallest absolute Gasteiger partial charge is 0.0190 e. The second kappa shape index (κ2) is 8.30. The maximum Gasteiger partial charge on any atom is 0.0190 e. The van der Waals surface area contributed by atoms with Crippen molar-refractivity contribution in [2.24, 2.45) is 0 Å². The molecule has 1 aliphatic heterocycles. The minimum Gasteiger partial charge on any atom is -0.299 e. The largest absolute Gasteiger partial charge is 0.299 e. The van der Waals surface area contributed by atoms with Crippen molar-refractivity contribution in [1.29, 1.82) is 0 Å². The highest BCUT2D eigenvalue weighted by molar-refractivity contribution is 5.12. The standard InChI is InChI=1S/C16H27N/c1-4-15(2)10-9-11-16(3)14-17-12-7-5-6-8-13-17/h4,11H,1-2,5-10,12-14H2,3H3/b16-11-. The van der Waals surface area contributed by atoms with Crippen LogP contribution in [-0.4, -0.2) is 24.5 Å². The fraction of sp³-hybridized carbons (Fsp3) is 0.625. The van der Waals surface area contributed by atoms with Gasteiger partial charge in [0.05, 0.1) is 0 Å². The lowest BCUT2D eigenvalue weighted by Crippen LogP contribution is -2.26. The van der Waals surface area contributed by atoms with Crippen molar-refractivity contribution in [2.45, 2.75) is 45.4 Å². The van der Waals surface area contributed by atoms with E-state index in [2.05, 4.69) is 31.1 Å². The highest BCUT2D eigenvalue weighted by Gasteiger charge is 2.08. The van der Waals surface area contributed by atoms with Gasteiger partial charge >= 0.3 is 0 Å². The summed E-state index contributed by atoms with van der Waals surface area (Å²) in [4.78, 5) is 2.60. The van der Waals surface area contributed by atoms with E-state index in [-0.39, 0.29) is 0 Å². The highest BCUT2D eigenvalue weighted by Crippen LogP contribution is 2.12. The molecule has 1 fully saturated rings. The number of rotatable bonds is 6. The number of hydrogen-bond acceptors (Lipinski definition) is 1. The fourth-order valence-electron chi connectivity index (χ4n) is 2.32. The van der Waals surface area contributed by atoms with Gasteiger partial charge in [0.2, 0.25) is 0 Å². The van der Waals surface area contributed by atoms with E-state index in [1.165, 1.54) is 44.3 Å². The second-order valence-corrected chi connectivity index (χ2v) is 5.14. The van der Waals surface area contributed by atoms with Crippen molar-refractivity contribution in [2.75, 3.05) is 19.6 Å². The van der Waals surface area contributed by atoms with Crippen molar-refractivity contribution in [3.8, 4) is 0 Å². The Bertz CT molecular complexity index is 267. The van der Waals surface area contributed by atoms with E-state index >= 15 is 0 Å². The highest BCUT2D eigenvalue weighted by atomic mass is 15.1. The first-order chi connectivity index (χ1) is 8.22. The summed E-state index contributed by atoms with van der Waals surface area (Å²) in [5.74, 6) is 0. The molecule has 0 amide bonds. The van der Waals surface area contributed by atoms with E-state index in [0.717, 1.165) is 25.0 Å². The van der Waals surface area contributed by atoms with Gasteiger partial charge in [-0.05, 0) is 45.7 Å². The van der Waals surface area contributed by atoms with Gasteiger partial charge in [-0.25, -0.2) is 0 Å². The van der Waals surface area contributed by atoms with Gasteiger partial charge in [-0.2, -0.15) is 0 Å². The van der Waals surface area contributed by atoms with Gasteiger partial charge in [-0.15, -0.1) is 0 Å². The molecule has 1 nitrogen and oxygen atoms in total. The molecule has 0 saturated carbocycles. The van der Waals surface area contributed by atoms with Gasteiger partial charge in [0, 0.05) is 6.54 Å². The van der Waals surface area contributed by atoms with Gasteiger partial charge in [-0.3, -0.25) is 4.90 Å². The number of hydrogen-bond donors (Lipinski definition) is 0. The summed E-state index contributed by atoms with van der Waals surface area (Å²) in [6.45, 7) is 13.6. The van der Waals surface area contributed by atoms with Crippen molar-refractivity contribution in [3.05, 3.63) is 36.5 Å². The molecule has 1 heteroatoms. The van der Waals surface area contributed by atoms with Gasteiger partial charge in [0.15, 0.2) is 0 Å². The SMILES string of the molecule is C=CC(=C)CC/C=C(/C)CN1CCCCCC1. The summed E-state index contributed by atoms with van der Waals surface area (Å²) in [5.41, 5.74) is 2.65. The first kappa shape index (κ1) is 14.2. The molecule has 96 valence electrons. The molecule has 0 N–H and O–H groups in total. The molecule has 0 aliphatic carbocycles. The Morgan fingerprint density at radius 3 is 2.41 bits per heavy atom. The predicted octanol–water partition coefficient (Wildman–Crippen LogP) is 4.33. The van der Waals surface area contributed by atoms with E-state index in [1.807, 2.05) is 6.08 Å². The third-order valence-electron chi connectivity index (χ3n) is 3.42. The molecule has 0 aromatic heterocycles. The van der Waals surface area contributed by atoms with Crippen molar-refractivity contribution >= 4 is 0 Å². The molecule has 0 bridgehead atoms. The third-order valence-corrected chi connectivity index (χ3v) is 3.42. The molecule has 1 rings (SSSR count). The second-order valence-electron chi connectivity index (χ2n) is 5.14. The van der Waals surface area contributed by atoms with Crippen LogP contribution < -0.4 is 0 Å². The van der Waals surface area contributed by atoms with Gasteiger partial charge in [0.25, 0.3) is 0 Å². The topological polar surface area (TPSA) is 3.24 Å². The van der Waals surface area contributed by atoms with Crippen LogP contribution in [0.15, 0.2) is 36.5 Å². The van der Waals surface area contributed by atoms with Crippen LogP contribution in [0.4, 0.5) is 0 Å². The zero-order chi connectivity index (χ0) is 12.5.